The summed E-state index contributed by atoms with van der Waals surface area (Å²) in [6.07, 6.45) is -0.300. The molecule has 0 fully saturated rings. The van der Waals surface area contributed by atoms with E-state index < -0.39 is 36.4 Å². The van der Waals surface area contributed by atoms with Gasteiger partial charge in [0.1, 0.15) is 11.8 Å². The highest BCUT2D eigenvalue weighted by Crippen LogP contribution is 2.25. The molecule has 2 unspecified atom stereocenters. The molecule has 30 heavy (non-hydrogen) atoms. The largest absolute Gasteiger partial charge is 0.508 e. The minimum Gasteiger partial charge on any atom is -0.508 e. The van der Waals surface area contributed by atoms with Gasteiger partial charge in [-0.05, 0) is 61.1 Å². The summed E-state index contributed by atoms with van der Waals surface area (Å²) in [5.74, 6) is -2.64. The second kappa shape index (κ2) is 9.89. The van der Waals surface area contributed by atoms with Gasteiger partial charge in [0.15, 0.2) is 0 Å². The molecule has 0 aliphatic rings. The SMILES string of the molecule is Cc1cc(C(O)CCc2cccc(O)c2)cc(C)c1C(=O)NC(CC(N)=O)C(=O)O. The van der Waals surface area contributed by atoms with Crippen LogP contribution in [-0.2, 0) is 16.0 Å². The fraction of sp³-hybridized carbons (Fsp3) is 0.318. The molecule has 0 saturated carbocycles. The lowest BCUT2D eigenvalue weighted by Crippen LogP contribution is -2.43. The second-order valence-electron chi connectivity index (χ2n) is 7.29. The maximum Gasteiger partial charge on any atom is 0.326 e. The summed E-state index contributed by atoms with van der Waals surface area (Å²) in [5.41, 5.74) is 8.00. The molecule has 2 amide bonds. The number of aromatic hydroxyl groups is 1. The molecule has 0 aromatic heterocycles. The molecule has 2 rings (SSSR count). The Hall–Kier alpha value is -3.39. The van der Waals surface area contributed by atoms with Crippen LogP contribution < -0.4 is 11.1 Å². The van der Waals surface area contributed by atoms with Crippen molar-refractivity contribution in [1.82, 2.24) is 5.32 Å². The second-order valence-corrected chi connectivity index (χ2v) is 7.29. The number of carbonyl (C=O) groups is 3. The number of primary amides is 1. The number of aliphatic carboxylic acids is 1. The van der Waals surface area contributed by atoms with Crippen molar-refractivity contribution in [2.75, 3.05) is 0 Å². The van der Waals surface area contributed by atoms with Gasteiger partial charge >= 0.3 is 5.97 Å². The molecule has 6 N–H and O–H groups in total. The summed E-state index contributed by atoms with van der Waals surface area (Å²) < 4.78 is 0. The number of benzene rings is 2. The summed E-state index contributed by atoms with van der Waals surface area (Å²) in [5, 5.41) is 31.6. The topological polar surface area (TPSA) is 150 Å². The van der Waals surface area contributed by atoms with E-state index in [2.05, 4.69) is 5.32 Å². The van der Waals surface area contributed by atoms with Crippen LogP contribution in [0.4, 0.5) is 0 Å². The van der Waals surface area contributed by atoms with Crippen LogP contribution in [0.1, 0.15) is 51.6 Å². The Labute approximate surface area is 174 Å². The van der Waals surface area contributed by atoms with Crippen molar-refractivity contribution >= 4 is 17.8 Å². The molecule has 0 heterocycles. The first-order valence-corrected chi connectivity index (χ1v) is 9.47. The third kappa shape index (κ3) is 6.05. The van der Waals surface area contributed by atoms with E-state index in [9.17, 15) is 29.7 Å². The van der Waals surface area contributed by atoms with Gasteiger partial charge in [0.25, 0.3) is 5.91 Å². The van der Waals surface area contributed by atoms with Crippen LogP contribution in [0.15, 0.2) is 36.4 Å². The first-order valence-electron chi connectivity index (χ1n) is 9.47. The van der Waals surface area contributed by atoms with E-state index in [1.807, 2.05) is 6.07 Å². The maximum atomic E-state index is 12.6. The average molecular weight is 414 g/mol. The van der Waals surface area contributed by atoms with Gasteiger partial charge in [-0.1, -0.05) is 24.3 Å². The van der Waals surface area contributed by atoms with Crippen LogP contribution in [0.5, 0.6) is 5.75 Å². The Morgan fingerprint density at radius 1 is 1.10 bits per heavy atom. The summed E-state index contributed by atoms with van der Waals surface area (Å²) in [6, 6.07) is 8.76. The lowest BCUT2D eigenvalue weighted by Gasteiger charge is -2.18. The van der Waals surface area contributed by atoms with Crippen molar-refractivity contribution in [3.05, 3.63) is 64.2 Å². The summed E-state index contributed by atoms with van der Waals surface area (Å²) in [7, 11) is 0. The summed E-state index contributed by atoms with van der Waals surface area (Å²) in [6.45, 7) is 3.38. The standard InChI is InChI=1S/C22H26N2O6/c1-12-8-15(18(26)7-6-14-4-3-5-16(25)10-14)9-13(2)20(12)21(28)24-17(22(29)30)11-19(23)27/h3-5,8-10,17-18,25-26H,6-7,11H2,1-2H3,(H2,23,27)(H,24,28)(H,29,30). The number of aliphatic hydroxyl groups is 1. The smallest absolute Gasteiger partial charge is 0.326 e. The number of carboxylic acids is 1. The van der Waals surface area contributed by atoms with Gasteiger partial charge in [0.2, 0.25) is 5.91 Å². The van der Waals surface area contributed by atoms with Crippen LogP contribution in [0, 0.1) is 13.8 Å². The number of nitrogens with one attached hydrogen (secondary N) is 1. The number of amides is 2. The molecule has 8 nitrogen and oxygen atoms in total. The van der Waals surface area contributed by atoms with E-state index in [-0.39, 0.29) is 11.3 Å². The van der Waals surface area contributed by atoms with Crippen molar-refractivity contribution in [3.8, 4) is 5.75 Å². The van der Waals surface area contributed by atoms with Crippen LogP contribution in [0.2, 0.25) is 0 Å². The highest BCUT2D eigenvalue weighted by molar-refractivity contribution is 5.99. The van der Waals surface area contributed by atoms with E-state index in [1.165, 1.54) is 0 Å². The van der Waals surface area contributed by atoms with Crippen molar-refractivity contribution in [2.45, 2.75) is 45.3 Å². The maximum absolute atomic E-state index is 12.6. The molecule has 0 aliphatic heterocycles. The van der Waals surface area contributed by atoms with Crippen LogP contribution in [0.3, 0.4) is 0 Å². The quantitative estimate of drug-likeness (QED) is 0.422. The van der Waals surface area contributed by atoms with Gasteiger partial charge in [0, 0.05) is 5.56 Å². The van der Waals surface area contributed by atoms with E-state index in [0.717, 1.165) is 5.56 Å². The number of carbonyl (C=O) groups excluding carboxylic acids is 2. The van der Waals surface area contributed by atoms with Gasteiger partial charge in [0.05, 0.1) is 12.5 Å². The molecule has 0 bridgehead atoms. The minimum absolute atomic E-state index is 0.167. The van der Waals surface area contributed by atoms with Crippen LogP contribution in [0.25, 0.3) is 0 Å². The highest BCUT2D eigenvalue weighted by atomic mass is 16.4. The Balaban J connectivity index is 2.14. The normalized spacial score (nSPS) is 12.8. The molecule has 0 aliphatic carbocycles. The molecule has 0 saturated heterocycles. The van der Waals surface area contributed by atoms with Crippen LogP contribution >= 0.6 is 0 Å². The van der Waals surface area contributed by atoms with E-state index in [4.69, 9.17) is 5.73 Å². The van der Waals surface area contributed by atoms with Gasteiger partial charge in [-0.2, -0.15) is 0 Å². The van der Waals surface area contributed by atoms with Gasteiger partial charge in [-0.25, -0.2) is 4.79 Å². The Kier molecular flexibility index (Phi) is 7.54. The molecule has 8 heteroatoms. The lowest BCUT2D eigenvalue weighted by atomic mass is 9.93. The lowest BCUT2D eigenvalue weighted by molar-refractivity contribution is -0.140. The monoisotopic (exact) mass is 414 g/mol. The highest BCUT2D eigenvalue weighted by Gasteiger charge is 2.25. The van der Waals surface area contributed by atoms with Gasteiger partial charge < -0.3 is 26.4 Å². The Morgan fingerprint density at radius 2 is 1.73 bits per heavy atom. The third-order valence-electron chi connectivity index (χ3n) is 4.79. The molecule has 0 spiro atoms. The number of phenols is 1. The Bertz CT molecular complexity index is 933. The predicted octanol–water partition coefficient (Wildman–Crippen LogP) is 1.73. The molecular formula is C22H26N2O6. The van der Waals surface area contributed by atoms with E-state index >= 15 is 0 Å². The zero-order valence-electron chi connectivity index (χ0n) is 16.9. The fourth-order valence-electron chi connectivity index (χ4n) is 3.36. The number of nitrogens with two attached hydrogens (primary N) is 1. The number of aryl methyl sites for hydroxylation is 3. The van der Waals surface area contributed by atoms with E-state index in [0.29, 0.717) is 29.5 Å². The zero-order chi connectivity index (χ0) is 22.4. The van der Waals surface area contributed by atoms with Crippen LogP contribution in [-0.4, -0.2) is 39.1 Å². The number of phenolic OH excluding ortho intramolecular Hbond substituents is 1. The van der Waals surface area contributed by atoms with Crippen molar-refractivity contribution < 1.29 is 29.7 Å². The summed E-state index contributed by atoms with van der Waals surface area (Å²) >= 11 is 0. The molecule has 2 aromatic rings. The first-order chi connectivity index (χ1) is 14.1. The number of aliphatic hydroxyl groups excluding tert-OH is 1. The number of hydrogen-bond acceptors (Lipinski definition) is 5. The molecule has 0 radical (unpaired) electrons. The average Bonchev–Trinajstić information content (AvgIpc) is 2.64. The van der Waals surface area contributed by atoms with Crippen molar-refractivity contribution in [1.29, 1.82) is 0 Å². The number of rotatable bonds is 9. The molecule has 2 atom stereocenters. The molecular weight excluding hydrogens is 388 g/mol. The zero-order valence-corrected chi connectivity index (χ0v) is 16.9. The number of carboxylic acid groups (broad SMARTS) is 1. The minimum atomic E-state index is -1.42. The van der Waals surface area contributed by atoms with E-state index in [1.54, 1.807) is 44.2 Å². The predicted molar refractivity (Wildman–Crippen MR) is 110 cm³/mol. The summed E-state index contributed by atoms with van der Waals surface area (Å²) in [4.78, 5) is 34.9. The van der Waals surface area contributed by atoms with Gasteiger partial charge in [-0.3, -0.25) is 9.59 Å². The first kappa shape index (κ1) is 22.9. The third-order valence-corrected chi connectivity index (χ3v) is 4.79. The molecule has 2 aromatic carbocycles. The fourth-order valence-corrected chi connectivity index (χ4v) is 3.36. The molecule has 160 valence electrons. The number of hydrogen-bond donors (Lipinski definition) is 5. The van der Waals surface area contributed by atoms with Crippen molar-refractivity contribution in [2.24, 2.45) is 5.73 Å². The Morgan fingerprint density at radius 3 is 2.27 bits per heavy atom. The van der Waals surface area contributed by atoms with Crippen molar-refractivity contribution in [3.63, 3.8) is 0 Å². The van der Waals surface area contributed by atoms with Gasteiger partial charge in [-0.15, -0.1) is 0 Å².